The normalized spacial score (nSPS) is 15.5. The van der Waals surface area contributed by atoms with E-state index >= 15 is 0 Å². The average Bonchev–Trinajstić information content (AvgIpc) is 2.60. The van der Waals surface area contributed by atoms with Crippen molar-refractivity contribution in [1.29, 1.82) is 0 Å². The molecule has 0 bridgehead atoms. The van der Waals surface area contributed by atoms with E-state index in [9.17, 15) is 14.7 Å². The van der Waals surface area contributed by atoms with Crippen LogP contribution in [0.2, 0.25) is 0 Å². The SMILES string of the molecule is Bc1cc(N2CCN(/C(=N\C(=O)OC(C)(C)C)NC(=O)OC(C)(C)C)CC2)ccc1O. The van der Waals surface area contributed by atoms with Crippen molar-refractivity contribution in [3.63, 3.8) is 0 Å². The Hall–Kier alpha value is -2.91. The van der Waals surface area contributed by atoms with Crippen LogP contribution in [-0.4, -0.2) is 73.4 Å². The lowest BCUT2D eigenvalue weighted by molar-refractivity contribution is 0.0554. The molecule has 9 nitrogen and oxygen atoms in total. The van der Waals surface area contributed by atoms with Gasteiger partial charge < -0.3 is 24.4 Å². The summed E-state index contributed by atoms with van der Waals surface area (Å²) in [7, 11) is 1.85. The number of anilines is 1. The van der Waals surface area contributed by atoms with Gasteiger partial charge in [0.25, 0.3) is 0 Å². The van der Waals surface area contributed by atoms with Crippen LogP contribution >= 0.6 is 0 Å². The van der Waals surface area contributed by atoms with Gasteiger partial charge in [-0.1, -0.05) is 0 Å². The van der Waals surface area contributed by atoms with Crippen LogP contribution in [0.15, 0.2) is 23.2 Å². The lowest BCUT2D eigenvalue weighted by atomic mass is 9.94. The number of alkyl carbamates (subject to hydrolysis) is 1. The fraction of sp³-hybridized carbons (Fsp3) is 0.571. The molecule has 1 aliphatic heterocycles. The van der Waals surface area contributed by atoms with Crippen molar-refractivity contribution in [3.8, 4) is 5.75 Å². The molecule has 1 aromatic rings. The minimum Gasteiger partial charge on any atom is -0.509 e. The molecule has 1 saturated heterocycles. The second-order valence-electron chi connectivity index (χ2n) is 9.49. The van der Waals surface area contributed by atoms with Crippen molar-refractivity contribution in [2.45, 2.75) is 52.7 Å². The molecule has 1 aromatic carbocycles. The van der Waals surface area contributed by atoms with Crippen LogP contribution in [0.25, 0.3) is 0 Å². The molecule has 0 saturated carbocycles. The zero-order valence-electron chi connectivity index (χ0n) is 19.5. The molecular weight excluding hydrogens is 399 g/mol. The maximum Gasteiger partial charge on any atom is 0.437 e. The van der Waals surface area contributed by atoms with Crippen LogP contribution < -0.4 is 15.7 Å². The largest absolute Gasteiger partial charge is 0.509 e. The van der Waals surface area contributed by atoms with E-state index in [2.05, 4.69) is 15.2 Å². The van der Waals surface area contributed by atoms with E-state index in [1.54, 1.807) is 47.6 Å². The van der Waals surface area contributed by atoms with Crippen LogP contribution in [0, 0.1) is 0 Å². The first-order valence-electron chi connectivity index (χ1n) is 10.3. The number of nitrogens with one attached hydrogen (secondary N) is 1. The first kappa shape index (κ1) is 24.4. The molecule has 1 fully saturated rings. The molecule has 0 aliphatic carbocycles. The number of ether oxygens (including phenoxy) is 2. The molecule has 10 heteroatoms. The van der Waals surface area contributed by atoms with Gasteiger partial charge >= 0.3 is 12.2 Å². The number of phenolic OH excluding ortho intramolecular Hbond substituents is 1. The summed E-state index contributed by atoms with van der Waals surface area (Å²) in [6, 6.07) is 5.47. The van der Waals surface area contributed by atoms with Crippen molar-refractivity contribution < 1.29 is 24.2 Å². The molecule has 0 radical (unpaired) electrons. The summed E-state index contributed by atoms with van der Waals surface area (Å²) in [6.45, 7) is 12.9. The fourth-order valence-electron chi connectivity index (χ4n) is 2.96. The van der Waals surface area contributed by atoms with E-state index in [0.29, 0.717) is 26.2 Å². The lowest BCUT2D eigenvalue weighted by Gasteiger charge is -2.37. The number of guanidine groups is 1. The maximum absolute atomic E-state index is 12.3. The summed E-state index contributed by atoms with van der Waals surface area (Å²) in [5.41, 5.74) is 0.420. The van der Waals surface area contributed by atoms with Gasteiger partial charge in [0.05, 0.1) is 0 Å². The second kappa shape index (κ2) is 9.49. The first-order valence-corrected chi connectivity index (χ1v) is 10.3. The van der Waals surface area contributed by atoms with Gasteiger partial charge in [0.1, 0.15) is 24.8 Å². The van der Waals surface area contributed by atoms with Gasteiger partial charge in [-0.25, -0.2) is 9.59 Å². The number of rotatable bonds is 1. The minimum absolute atomic E-state index is 0.102. The lowest BCUT2D eigenvalue weighted by Crippen LogP contribution is -2.54. The smallest absolute Gasteiger partial charge is 0.437 e. The summed E-state index contributed by atoms with van der Waals surface area (Å²) < 4.78 is 10.6. The Labute approximate surface area is 184 Å². The molecule has 31 heavy (non-hydrogen) atoms. The van der Waals surface area contributed by atoms with Crippen LogP contribution in [-0.2, 0) is 9.47 Å². The number of phenols is 1. The van der Waals surface area contributed by atoms with Crippen molar-refractivity contribution in [2.24, 2.45) is 4.99 Å². The summed E-state index contributed by atoms with van der Waals surface area (Å²) in [5.74, 6) is 0.362. The third kappa shape index (κ3) is 8.03. The summed E-state index contributed by atoms with van der Waals surface area (Å²) in [6.07, 6.45) is -1.47. The summed E-state index contributed by atoms with van der Waals surface area (Å²) >= 11 is 0. The molecule has 0 aromatic heterocycles. The van der Waals surface area contributed by atoms with Crippen LogP contribution in [0.4, 0.5) is 15.3 Å². The van der Waals surface area contributed by atoms with E-state index in [0.717, 1.165) is 11.2 Å². The van der Waals surface area contributed by atoms with E-state index < -0.39 is 23.4 Å². The van der Waals surface area contributed by atoms with Gasteiger partial charge in [-0.05, 0) is 65.2 Å². The summed E-state index contributed by atoms with van der Waals surface area (Å²) in [4.78, 5) is 32.6. The number of carbonyl (C=O) groups is 2. The number of nitrogens with zero attached hydrogens (tertiary/aromatic N) is 3. The number of aromatic hydroxyl groups is 1. The van der Waals surface area contributed by atoms with E-state index in [-0.39, 0.29) is 11.7 Å². The number of carbonyl (C=O) groups excluding carboxylic acids is 2. The van der Waals surface area contributed by atoms with Crippen LogP contribution in [0.1, 0.15) is 41.5 Å². The molecule has 1 heterocycles. The topological polar surface area (TPSA) is 104 Å². The average molecular weight is 432 g/mol. The Morgan fingerprint density at radius 2 is 1.61 bits per heavy atom. The van der Waals surface area contributed by atoms with Gasteiger partial charge in [-0.3, -0.25) is 5.32 Å². The first-order chi connectivity index (χ1) is 14.2. The number of hydrogen-bond acceptors (Lipinski definition) is 6. The third-order valence-electron chi connectivity index (χ3n) is 4.33. The van der Waals surface area contributed by atoms with Crippen molar-refractivity contribution >= 4 is 37.1 Å². The molecule has 170 valence electrons. The van der Waals surface area contributed by atoms with Crippen molar-refractivity contribution in [1.82, 2.24) is 10.2 Å². The van der Waals surface area contributed by atoms with E-state index in [1.807, 2.05) is 24.9 Å². The number of benzene rings is 1. The van der Waals surface area contributed by atoms with Crippen LogP contribution in [0.5, 0.6) is 5.75 Å². The molecule has 0 atom stereocenters. The maximum atomic E-state index is 12.3. The monoisotopic (exact) mass is 432 g/mol. The fourth-order valence-corrected chi connectivity index (χ4v) is 2.96. The highest BCUT2D eigenvalue weighted by Crippen LogP contribution is 2.18. The van der Waals surface area contributed by atoms with Crippen molar-refractivity contribution in [3.05, 3.63) is 18.2 Å². The molecule has 2 N–H and O–H groups in total. The van der Waals surface area contributed by atoms with Crippen LogP contribution in [0.3, 0.4) is 0 Å². The predicted octanol–water partition coefficient (Wildman–Crippen LogP) is 1.59. The van der Waals surface area contributed by atoms with Crippen molar-refractivity contribution in [2.75, 3.05) is 31.1 Å². The third-order valence-corrected chi connectivity index (χ3v) is 4.33. The Bertz CT molecular complexity index is 837. The summed E-state index contributed by atoms with van der Waals surface area (Å²) in [5, 5.41) is 12.3. The van der Waals surface area contributed by atoms with Gasteiger partial charge in [-0.2, -0.15) is 0 Å². The number of amides is 2. The van der Waals surface area contributed by atoms with Gasteiger partial charge in [0.2, 0.25) is 5.96 Å². The molecule has 2 amide bonds. The zero-order valence-corrected chi connectivity index (χ0v) is 19.5. The molecular formula is C21H33BN4O5. The zero-order chi connectivity index (χ0) is 23.4. The molecule has 2 rings (SSSR count). The van der Waals surface area contributed by atoms with Gasteiger partial charge in [0.15, 0.2) is 0 Å². The Morgan fingerprint density at radius 3 is 2.13 bits per heavy atom. The Kier molecular flexibility index (Phi) is 7.46. The van der Waals surface area contributed by atoms with Gasteiger partial charge in [0, 0.05) is 31.9 Å². The van der Waals surface area contributed by atoms with E-state index in [4.69, 9.17) is 9.47 Å². The number of piperazine rings is 1. The second-order valence-corrected chi connectivity index (χ2v) is 9.49. The minimum atomic E-state index is -0.782. The highest BCUT2D eigenvalue weighted by atomic mass is 16.6. The number of hydrogen-bond donors (Lipinski definition) is 2. The Balaban J connectivity index is 2.13. The van der Waals surface area contributed by atoms with Gasteiger partial charge in [-0.15, -0.1) is 4.99 Å². The molecule has 0 spiro atoms. The highest BCUT2D eigenvalue weighted by molar-refractivity contribution is 6.34. The number of aliphatic imine (C=N–C) groups is 1. The quantitative estimate of drug-likeness (QED) is 0.395. The van der Waals surface area contributed by atoms with E-state index in [1.165, 1.54) is 0 Å². The molecule has 1 aliphatic rings. The standard InChI is InChI=1S/C21H33BN4O5/c1-20(2,3)30-18(28)23-17(24-19(29)31-21(4,5)6)26-11-9-25(10-12-26)14-7-8-16(27)15(22)13-14/h7-8,13,27H,9-12,22H2,1-6H3,(H,23,24,28,29). The highest BCUT2D eigenvalue weighted by Gasteiger charge is 2.26. The Morgan fingerprint density at radius 1 is 1.03 bits per heavy atom. The molecule has 0 unspecified atom stereocenters. The predicted molar refractivity (Wildman–Crippen MR) is 123 cm³/mol.